The van der Waals surface area contributed by atoms with Gasteiger partial charge in [0.1, 0.15) is 5.54 Å². The Morgan fingerprint density at radius 1 is 1.11 bits per heavy atom. The maximum absolute atomic E-state index is 13.0. The van der Waals surface area contributed by atoms with Crippen LogP contribution >= 0.6 is 0 Å². The molecule has 0 bridgehead atoms. The number of hydrogen-bond acceptors (Lipinski definition) is 6. The Kier molecular flexibility index (Phi) is 8.07. The monoisotopic (exact) mass is 492 g/mol. The number of para-hydroxylation sites is 1. The van der Waals surface area contributed by atoms with E-state index in [9.17, 15) is 14.4 Å². The fourth-order valence-corrected chi connectivity index (χ4v) is 4.94. The van der Waals surface area contributed by atoms with E-state index in [4.69, 9.17) is 5.73 Å². The van der Waals surface area contributed by atoms with Crippen molar-refractivity contribution >= 4 is 29.6 Å². The highest BCUT2D eigenvalue weighted by Crippen LogP contribution is 2.36. The lowest BCUT2D eigenvalue weighted by atomic mass is 9.95. The topological polar surface area (TPSA) is 120 Å². The zero-order valence-corrected chi connectivity index (χ0v) is 20.7. The van der Waals surface area contributed by atoms with Crippen LogP contribution in [0.4, 0.5) is 5.69 Å². The average molecular weight is 493 g/mol. The molecule has 0 unspecified atom stereocenters. The molecule has 1 saturated carbocycles. The summed E-state index contributed by atoms with van der Waals surface area (Å²) < 4.78 is 0. The van der Waals surface area contributed by atoms with Gasteiger partial charge in [-0.1, -0.05) is 18.7 Å². The zero-order valence-electron chi connectivity index (χ0n) is 20.7. The number of rotatable bonds is 9. The highest BCUT2D eigenvalue weighted by molar-refractivity contribution is 6.13. The van der Waals surface area contributed by atoms with Crippen molar-refractivity contribution in [3.8, 4) is 0 Å². The lowest BCUT2D eigenvalue weighted by Gasteiger charge is -2.35. The largest absolute Gasteiger partial charge is 0.404 e. The molecule has 3 aliphatic rings. The SMILES string of the molecule is C=CN=C/C(=C\N)C(=O)NC1(C(=O)NCC2CCN(c3ccccc3C(=O)N3CCCC3)CC2)CC1. The average Bonchev–Trinajstić information content (AvgIpc) is 3.47. The number of hydrogen-bond donors (Lipinski definition) is 3. The summed E-state index contributed by atoms with van der Waals surface area (Å²) in [4.78, 5) is 46.5. The second-order valence-corrected chi connectivity index (χ2v) is 9.78. The molecule has 3 fully saturated rings. The number of aliphatic imine (C=N–C) groups is 1. The van der Waals surface area contributed by atoms with Crippen LogP contribution in [-0.2, 0) is 9.59 Å². The molecule has 9 heteroatoms. The van der Waals surface area contributed by atoms with Crippen LogP contribution in [0.5, 0.6) is 0 Å². The summed E-state index contributed by atoms with van der Waals surface area (Å²) >= 11 is 0. The molecule has 192 valence electrons. The quantitative estimate of drug-likeness (QED) is 0.360. The van der Waals surface area contributed by atoms with Crippen LogP contribution in [0.3, 0.4) is 0 Å². The van der Waals surface area contributed by atoms with Gasteiger partial charge in [-0.3, -0.25) is 19.4 Å². The Balaban J connectivity index is 1.27. The molecule has 0 atom stereocenters. The van der Waals surface area contributed by atoms with E-state index in [1.807, 2.05) is 29.2 Å². The number of piperidine rings is 1. The van der Waals surface area contributed by atoms with Crippen LogP contribution in [0, 0.1) is 5.92 Å². The minimum absolute atomic E-state index is 0.123. The predicted octanol–water partition coefficient (Wildman–Crippen LogP) is 1.96. The highest BCUT2D eigenvalue weighted by atomic mass is 16.2. The Morgan fingerprint density at radius 2 is 1.81 bits per heavy atom. The van der Waals surface area contributed by atoms with Crippen molar-refractivity contribution < 1.29 is 14.4 Å². The van der Waals surface area contributed by atoms with Gasteiger partial charge >= 0.3 is 0 Å². The van der Waals surface area contributed by atoms with E-state index >= 15 is 0 Å². The van der Waals surface area contributed by atoms with Gasteiger partial charge in [-0.15, -0.1) is 0 Å². The van der Waals surface area contributed by atoms with Crippen molar-refractivity contribution in [3.63, 3.8) is 0 Å². The van der Waals surface area contributed by atoms with E-state index in [0.717, 1.165) is 63.1 Å². The number of nitrogens with two attached hydrogens (primary N) is 1. The molecule has 1 aliphatic carbocycles. The number of carbonyl (C=O) groups is 3. The number of carbonyl (C=O) groups excluding carboxylic acids is 3. The van der Waals surface area contributed by atoms with Crippen LogP contribution in [-0.4, -0.2) is 67.1 Å². The van der Waals surface area contributed by atoms with Gasteiger partial charge in [0, 0.05) is 57.0 Å². The van der Waals surface area contributed by atoms with E-state index in [1.165, 1.54) is 18.6 Å². The van der Waals surface area contributed by atoms with Crippen molar-refractivity contribution in [2.24, 2.45) is 16.6 Å². The summed E-state index contributed by atoms with van der Waals surface area (Å²) in [5.74, 6) is -0.113. The molecular formula is C27H36N6O3. The van der Waals surface area contributed by atoms with E-state index in [-0.39, 0.29) is 17.4 Å². The molecule has 2 heterocycles. The van der Waals surface area contributed by atoms with E-state index in [1.54, 1.807) is 0 Å². The first kappa shape index (κ1) is 25.5. The summed E-state index contributed by atoms with van der Waals surface area (Å²) in [7, 11) is 0. The van der Waals surface area contributed by atoms with Gasteiger partial charge in [0.25, 0.3) is 11.8 Å². The van der Waals surface area contributed by atoms with Crippen LogP contribution in [0.25, 0.3) is 0 Å². The molecule has 0 spiro atoms. The maximum Gasteiger partial charge on any atom is 0.255 e. The molecule has 0 aromatic heterocycles. The second-order valence-electron chi connectivity index (χ2n) is 9.78. The fourth-order valence-electron chi connectivity index (χ4n) is 4.94. The van der Waals surface area contributed by atoms with Gasteiger partial charge < -0.3 is 26.2 Å². The molecular weight excluding hydrogens is 456 g/mol. The van der Waals surface area contributed by atoms with Gasteiger partial charge in [0.2, 0.25) is 5.91 Å². The smallest absolute Gasteiger partial charge is 0.255 e. The van der Waals surface area contributed by atoms with E-state index in [2.05, 4.69) is 27.1 Å². The Labute approximate surface area is 212 Å². The Morgan fingerprint density at radius 3 is 2.44 bits per heavy atom. The normalized spacial score (nSPS) is 19.8. The number of nitrogens with one attached hydrogen (secondary N) is 2. The number of amides is 3. The third kappa shape index (κ3) is 5.78. The molecule has 4 rings (SSSR count). The predicted molar refractivity (Wildman–Crippen MR) is 141 cm³/mol. The number of likely N-dealkylation sites (tertiary alicyclic amines) is 1. The molecule has 2 aliphatic heterocycles. The zero-order chi connectivity index (χ0) is 25.5. The molecule has 9 nitrogen and oxygen atoms in total. The fraction of sp³-hybridized carbons (Fsp3) is 0.481. The number of anilines is 1. The number of nitrogens with zero attached hydrogens (tertiary/aromatic N) is 3. The molecule has 3 amide bonds. The minimum atomic E-state index is -0.872. The van der Waals surface area contributed by atoms with Gasteiger partial charge in [-0.25, -0.2) is 0 Å². The first-order chi connectivity index (χ1) is 17.5. The van der Waals surface area contributed by atoms with Crippen LogP contribution in [0.15, 0.2) is 53.8 Å². The minimum Gasteiger partial charge on any atom is -0.404 e. The lowest BCUT2D eigenvalue weighted by molar-refractivity contribution is -0.128. The third-order valence-corrected chi connectivity index (χ3v) is 7.33. The van der Waals surface area contributed by atoms with Crippen LogP contribution in [0.1, 0.15) is 48.9 Å². The first-order valence-corrected chi connectivity index (χ1v) is 12.8. The van der Waals surface area contributed by atoms with Gasteiger partial charge in [-0.2, -0.15) is 0 Å². The van der Waals surface area contributed by atoms with Gasteiger partial charge in [0.15, 0.2) is 0 Å². The summed E-state index contributed by atoms with van der Waals surface area (Å²) in [6.45, 7) is 7.38. The van der Waals surface area contributed by atoms with E-state index in [0.29, 0.717) is 25.3 Å². The summed E-state index contributed by atoms with van der Waals surface area (Å²) in [6, 6.07) is 7.88. The third-order valence-electron chi connectivity index (χ3n) is 7.33. The molecule has 0 radical (unpaired) electrons. The number of benzene rings is 1. The lowest BCUT2D eigenvalue weighted by Crippen LogP contribution is -2.51. The summed E-state index contributed by atoms with van der Waals surface area (Å²) in [5, 5.41) is 5.86. The Hall–Kier alpha value is -3.62. The van der Waals surface area contributed by atoms with Crippen LogP contribution < -0.4 is 21.3 Å². The van der Waals surface area contributed by atoms with Crippen LogP contribution in [0.2, 0.25) is 0 Å². The molecule has 1 aromatic rings. The molecule has 1 aromatic carbocycles. The van der Waals surface area contributed by atoms with Crippen molar-refractivity contribution in [1.29, 1.82) is 0 Å². The van der Waals surface area contributed by atoms with Gasteiger partial charge in [0.05, 0.1) is 11.1 Å². The standard InChI is InChI=1S/C27H36N6O3/c1-2-29-19-21(17-28)24(34)31-27(11-12-27)26(36)30-18-20-9-15-32(16-10-20)23-8-4-3-7-22(23)25(35)33-13-5-6-14-33/h2-4,7-8,17,19-20H,1,5-6,9-16,18,28H2,(H,30,36)(H,31,34)/b21-17+,29-19?. The Bertz CT molecular complexity index is 1050. The van der Waals surface area contributed by atoms with Crippen molar-refractivity contribution in [3.05, 3.63) is 54.4 Å². The van der Waals surface area contributed by atoms with Crippen molar-refractivity contribution in [1.82, 2.24) is 15.5 Å². The molecule has 36 heavy (non-hydrogen) atoms. The van der Waals surface area contributed by atoms with Gasteiger partial charge in [-0.05, 0) is 56.6 Å². The summed E-state index contributed by atoms with van der Waals surface area (Å²) in [5.41, 5.74) is 6.62. The highest BCUT2D eigenvalue weighted by Gasteiger charge is 2.51. The molecule has 2 saturated heterocycles. The molecule has 4 N–H and O–H groups in total. The van der Waals surface area contributed by atoms with E-state index < -0.39 is 11.4 Å². The van der Waals surface area contributed by atoms with Crippen molar-refractivity contribution in [2.75, 3.05) is 37.6 Å². The summed E-state index contributed by atoms with van der Waals surface area (Å²) in [6.07, 6.45) is 8.99. The first-order valence-electron chi connectivity index (χ1n) is 12.8. The van der Waals surface area contributed by atoms with Crippen molar-refractivity contribution in [2.45, 2.75) is 44.1 Å². The second kappa shape index (κ2) is 11.4. The maximum atomic E-state index is 13.0.